The van der Waals surface area contributed by atoms with Crippen molar-refractivity contribution >= 4 is 17.3 Å². The van der Waals surface area contributed by atoms with Gasteiger partial charge in [-0.05, 0) is 39.8 Å². The fourth-order valence-corrected chi connectivity index (χ4v) is 2.60. The van der Waals surface area contributed by atoms with E-state index in [1.54, 1.807) is 6.07 Å². The van der Waals surface area contributed by atoms with Crippen LogP contribution in [-0.2, 0) is 0 Å². The van der Waals surface area contributed by atoms with Crippen molar-refractivity contribution < 1.29 is 4.92 Å². The molecule has 0 aromatic carbocycles. The average molecular weight is 293 g/mol. The number of nitro groups is 1. The minimum atomic E-state index is -0.385. The predicted molar refractivity (Wildman–Crippen MR) is 83.8 cm³/mol. The van der Waals surface area contributed by atoms with Crippen LogP contribution in [0.3, 0.4) is 0 Å². The van der Waals surface area contributed by atoms with Gasteiger partial charge in [-0.15, -0.1) is 0 Å². The summed E-state index contributed by atoms with van der Waals surface area (Å²) in [6, 6.07) is 3.84. The van der Waals surface area contributed by atoms with E-state index in [9.17, 15) is 10.1 Å². The molecule has 0 spiro atoms. The molecule has 0 aliphatic carbocycles. The Bertz CT molecular complexity index is 508. The molecule has 1 aliphatic rings. The second kappa shape index (κ2) is 6.71. The smallest absolute Gasteiger partial charge is 0.311 e. The Balaban J connectivity index is 2.16. The van der Waals surface area contributed by atoms with Crippen LogP contribution in [0.15, 0.2) is 12.1 Å². The Morgan fingerprint density at radius 3 is 2.90 bits per heavy atom. The van der Waals surface area contributed by atoms with Crippen LogP contribution < -0.4 is 10.6 Å². The minimum Gasteiger partial charge on any atom is -0.370 e. The molecule has 0 amide bonds. The fourth-order valence-electron chi connectivity index (χ4n) is 2.60. The highest BCUT2D eigenvalue weighted by Crippen LogP contribution is 2.27. The first-order valence-electron chi connectivity index (χ1n) is 7.37. The van der Waals surface area contributed by atoms with Crippen molar-refractivity contribution in [3.05, 3.63) is 22.2 Å². The van der Waals surface area contributed by atoms with Gasteiger partial charge in [0.15, 0.2) is 0 Å². The maximum absolute atomic E-state index is 11.1. The predicted octanol–water partition coefficient (Wildman–Crippen LogP) is 2.32. The molecule has 1 saturated heterocycles. The summed E-state index contributed by atoms with van der Waals surface area (Å²) < 4.78 is 0. The van der Waals surface area contributed by atoms with Crippen LogP contribution in [0.2, 0.25) is 0 Å². The summed E-state index contributed by atoms with van der Waals surface area (Å²) in [4.78, 5) is 17.4. The van der Waals surface area contributed by atoms with Crippen LogP contribution in [0.4, 0.5) is 17.3 Å². The van der Waals surface area contributed by atoms with E-state index in [4.69, 9.17) is 0 Å². The lowest BCUT2D eigenvalue weighted by Gasteiger charge is -2.35. The number of rotatable bonds is 5. The number of nitrogens with zero attached hydrogens (tertiary/aromatic N) is 3. The second-order valence-electron chi connectivity index (χ2n) is 5.55. The zero-order valence-corrected chi connectivity index (χ0v) is 12.8. The summed E-state index contributed by atoms with van der Waals surface area (Å²) in [6.07, 6.45) is 1.92. The highest BCUT2D eigenvalue weighted by Gasteiger charge is 2.25. The fraction of sp³-hybridized carbons (Fsp3) is 0.643. The molecule has 116 valence electrons. The summed E-state index contributed by atoms with van der Waals surface area (Å²) in [7, 11) is 2.10. The number of nitrogens with one attached hydrogen (secondary N) is 2. The van der Waals surface area contributed by atoms with Gasteiger partial charge in [0, 0.05) is 31.2 Å². The molecular weight excluding hydrogens is 270 g/mol. The molecule has 2 atom stereocenters. The van der Waals surface area contributed by atoms with Crippen LogP contribution in [0.25, 0.3) is 0 Å². The van der Waals surface area contributed by atoms with Crippen molar-refractivity contribution in [3.63, 3.8) is 0 Å². The third-order valence-electron chi connectivity index (χ3n) is 3.98. The Morgan fingerprint density at radius 2 is 2.29 bits per heavy atom. The molecule has 0 bridgehead atoms. The van der Waals surface area contributed by atoms with E-state index in [1.165, 1.54) is 6.07 Å². The first kappa shape index (κ1) is 15.5. The van der Waals surface area contributed by atoms with Gasteiger partial charge in [0.25, 0.3) is 0 Å². The van der Waals surface area contributed by atoms with Crippen molar-refractivity contribution in [1.29, 1.82) is 0 Å². The topological polar surface area (TPSA) is 83.3 Å². The Kier molecular flexibility index (Phi) is 4.95. The van der Waals surface area contributed by atoms with Gasteiger partial charge in [0.05, 0.1) is 4.92 Å². The molecule has 0 radical (unpaired) electrons. The number of piperidine rings is 1. The largest absolute Gasteiger partial charge is 0.370 e. The molecule has 1 fully saturated rings. The maximum Gasteiger partial charge on any atom is 0.311 e. The van der Waals surface area contributed by atoms with Crippen molar-refractivity contribution in [2.75, 3.05) is 30.8 Å². The molecule has 2 heterocycles. The zero-order chi connectivity index (χ0) is 15.4. The van der Waals surface area contributed by atoms with Gasteiger partial charge in [-0.3, -0.25) is 10.1 Å². The van der Waals surface area contributed by atoms with Gasteiger partial charge in [0.2, 0.25) is 5.82 Å². The third kappa shape index (κ3) is 3.81. The lowest BCUT2D eigenvalue weighted by molar-refractivity contribution is -0.384. The van der Waals surface area contributed by atoms with Crippen LogP contribution >= 0.6 is 0 Å². The molecular formula is C14H23N5O2. The van der Waals surface area contributed by atoms with Crippen molar-refractivity contribution in [2.24, 2.45) is 0 Å². The Labute approximate surface area is 124 Å². The van der Waals surface area contributed by atoms with Gasteiger partial charge in [-0.25, -0.2) is 4.98 Å². The number of aromatic nitrogens is 1. The highest BCUT2D eigenvalue weighted by molar-refractivity contribution is 5.60. The number of hydrogen-bond acceptors (Lipinski definition) is 6. The standard InChI is InChI=1S/C14H23N5O2/c1-4-15-13-6-5-12(19(20)21)14(17-13)16-11-7-8-18(3)10(2)9-11/h5-6,10-11H,4,7-9H2,1-3H3,(H2,15,16,17). The molecule has 1 aromatic rings. The van der Waals surface area contributed by atoms with Gasteiger partial charge in [-0.1, -0.05) is 0 Å². The van der Waals surface area contributed by atoms with E-state index in [0.717, 1.165) is 25.9 Å². The Hall–Kier alpha value is -1.89. The number of pyridine rings is 1. The number of likely N-dealkylation sites (tertiary alicyclic amines) is 1. The first-order valence-corrected chi connectivity index (χ1v) is 7.37. The van der Waals surface area contributed by atoms with Gasteiger partial charge in [-0.2, -0.15) is 0 Å². The molecule has 1 aliphatic heterocycles. The van der Waals surface area contributed by atoms with Crippen molar-refractivity contribution in [2.45, 2.75) is 38.8 Å². The van der Waals surface area contributed by atoms with Crippen LogP contribution in [0.5, 0.6) is 0 Å². The van der Waals surface area contributed by atoms with E-state index in [1.807, 2.05) is 6.92 Å². The van der Waals surface area contributed by atoms with E-state index in [0.29, 0.717) is 17.7 Å². The maximum atomic E-state index is 11.1. The van der Waals surface area contributed by atoms with Crippen molar-refractivity contribution in [3.8, 4) is 0 Å². The molecule has 7 heteroatoms. The van der Waals surface area contributed by atoms with Gasteiger partial charge < -0.3 is 15.5 Å². The lowest BCUT2D eigenvalue weighted by Crippen LogP contribution is -2.42. The van der Waals surface area contributed by atoms with Crippen LogP contribution in [0, 0.1) is 10.1 Å². The Morgan fingerprint density at radius 1 is 1.52 bits per heavy atom. The van der Waals surface area contributed by atoms with Crippen LogP contribution in [-0.4, -0.2) is 47.0 Å². The molecule has 2 N–H and O–H groups in total. The lowest BCUT2D eigenvalue weighted by atomic mass is 9.99. The SMILES string of the molecule is CCNc1ccc([N+](=O)[O-])c(NC2CCN(C)C(C)C2)n1. The summed E-state index contributed by atoms with van der Waals surface area (Å²) in [5, 5.41) is 17.5. The van der Waals surface area contributed by atoms with Gasteiger partial charge >= 0.3 is 5.69 Å². The zero-order valence-electron chi connectivity index (χ0n) is 12.8. The van der Waals surface area contributed by atoms with E-state index in [-0.39, 0.29) is 16.7 Å². The summed E-state index contributed by atoms with van der Waals surface area (Å²) >= 11 is 0. The van der Waals surface area contributed by atoms with E-state index < -0.39 is 0 Å². The minimum absolute atomic E-state index is 0.0308. The second-order valence-corrected chi connectivity index (χ2v) is 5.55. The van der Waals surface area contributed by atoms with Gasteiger partial charge in [0.1, 0.15) is 5.82 Å². The molecule has 1 aromatic heterocycles. The molecule has 2 unspecified atom stereocenters. The van der Waals surface area contributed by atoms with Crippen LogP contribution in [0.1, 0.15) is 26.7 Å². The average Bonchev–Trinajstić information content (AvgIpc) is 2.43. The molecule has 21 heavy (non-hydrogen) atoms. The molecule has 2 rings (SSSR count). The number of hydrogen-bond donors (Lipinski definition) is 2. The summed E-state index contributed by atoms with van der Waals surface area (Å²) in [6.45, 7) is 5.86. The molecule has 7 nitrogen and oxygen atoms in total. The normalized spacial score (nSPS) is 22.8. The van der Waals surface area contributed by atoms with E-state index in [2.05, 4.69) is 34.5 Å². The quantitative estimate of drug-likeness (QED) is 0.640. The first-order chi connectivity index (χ1) is 10.0. The number of anilines is 2. The summed E-state index contributed by atoms with van der Waals surface area (Å²) in [5.41, 5.74) is 0.0308. The van der Waals surface area contributed by atoms with E-state index >= 15 is 0 Å². The third-order valence-corrected chi connectivity index (χ3v) is 3.98. The highest BCUT2D eigenvalue weighted by atomic mass is 16.6. The van der Waals surface area contributed by atoms with Crippen molar-refractivity contribution in [1.82, 2.24) is 9.88 Å². The molecule has 0 saturated carbocycles. The monoisotopic (exact) mass is 293 g/mol. The summed E-state index contributed by atoms with van der Waals surface area (Å²) in [5.74, 6) is 1.02.